The fourth-order valence-corrected chi connectivity index (χ4v) is 3.65. The van der Waals surface area contributed by atoms with Gasteiger partial charge in [0.2, 0.25) is 0 Å². The molecule has 1 atom stereocenters. The molecule has 3 rings (SSSR count). The molecular formula is C26H23ClO5. The summed E-state index contributed by atoms with van der Waals surface area (Å²) in [7, 11) is 1.30. The van der Waals surface area contributed by atoms with Crippen molar-refractivity contribution in [3.63, 3.8) is 0 Å². The zero-order chi connectivity index (χ0) is 23.1. The second-order valence-corrected chi connectivity index (χ2v) is 7.87. The average molecular weight is 451 g/mol. The smallest absolute Gasteiger partial charge is 0.338 e. The number of hydrogen-bond acceptors (Lipinski definition) is 4. The van der Waals surface area contributed by atoms with Crippen LogP contribution in [-0.4, -0.2) is 29.9 Å². The third-order valence-corrected chi connectivity index (χ3v) is 5.60. The number of hydrogen-bond donors (Lipinski definition) is 1. The number of aryl methyl sites for hydroxylation is 1. The van der Waals surface area contributed by atoms with Gasteiger partial charge in [0, 0.05) is 17.0 Å². The van der Waals surface area contributed by atoms with Gasteiger partial charge in [-0.2, -0.15) is 0 Å². The number of carboxylic acids is 1. The predicted octanol–water partition coefficient (Wildman–Crippen LogP) is 5.70. The Balaban J connectivity index is 1.67. The number of esters is 1. The van der Waals surface area contributed by atoms with Crippen LogP contribution in [0, 0.1) is 5.92 Å². The van der Waals surface area contributed by atoms with Gasteiger partial charge in [-0.05, 0) is 47.7 Å². The van der Waals surface area contributed by atoms with E-state index in [1.807, 2.05) is 24.3 Å². The number of carbonyl (C=O) groups excluding carboxylic acids is 2. The Labute approximate surface area is 191 Å². The van der Waals surface area contributed by atoms with Gasteiger partial charge in [-0.15, -0.1) is 0 Å². The molecule has 0 fully saturated rings. The van der Waals surface area contributed by atoms with Crippen LogP contribution in [0.4, 0.5) is 0 Å². The van der Waals surface area contributed by atoms with Gasteiger partial charge in [0.1, 0.15) is 0 Å². The second kappa shape index (κ2) is 10.7. The maximum atomic E-state index is 12.7. The number of methoxy groups -OCH3 is 1. The van der Waals surface area contributed by atoms with Crippen LogP contribution in [0.3, 0.4) is 0 Å². The molecule has 0 aliphatic rings. The van der Waals surface area contributed by atoms with E-state index in [2.05, 4.69) is 0 Å². The number of aliphatic carboxylic acids is 1. The molecule has 0 bridgehead atoms. The van der Waals surface area contributed by atoms with E-state index in [1.54, 1.807) is 48.5 Å². The Morgan fingerprint density at radius 2 is 1.50 bits per heavy atom. The molecule has 0 saturated carbocycles. The third-order valence-electron chi connectivity index (χ3n) is 5.35. The molecule has 5 nitrogen and oxygen atoms in total. The van der Waals surface area contributed by atoms with E-state index in [-0.39, 0.29) is 18.6 Å². The lowest BCUT2D eigenvalue weighted by molar-refractivity contribution is -0.141. The molecule has 0 aromatic heterocycles. The molecular weight excluding hydrogens is 428 g/mol. The molecule has 0 aliphatic carbocycles. The van der Waals surface area contributed by atoms with Crippen LogP contribution in [0.2, 0.25) is 5.02 Å². The number of Topliss-reactive ketones (excluding diaryl/α,β-unsaturated/α-hetero) is 1. The molecule has 0 heterocycles. The Morgan fingerprint density at radius 1 is 0.906 bits per heavy atom. The summed E-state index contributed by atoms with van der Waals surface area (Å²) < 4.78 is 4.79. The predicted molar refractivity (Wildman–Crippen MR) is 123 cm³/mol. The highest BCUT2D eigenvalue weighted by Crippen LogP contribution is 2.24. The summed E-state index contributed by atoms with van der Waals surface area (Å²) in [5.41, 5.74) is 3.48. The lowest BCUT2D eigenvalue weighted by Crippen LogP contribution is -2.19. The van der Waals surface area contributed by atoms with Crippen molar-refractivity contribution in [2.75, 3.05) is 7.11 Å². The van der Waals surface area contributed by atoms with Gasteiger partial charge in [-0.3, -0.25) is 9.59 Å². The quantitative estimate of drug-likeness (QED) is 0.334. The fourth-order valence-electron chi connectivity index (χ4n) is 3.52. The van der Waals surface area contributed by atoms with E-state index in [9.17, 15) is 19.5 Å². The Bertz CT molecular complexity index is 1100. The van der Waals surface area contributed by atoms with Gasteiger partial charge >= 0.3 is 11.9 Å². The first-order chi connectivity index (χ1) is 15.4. The van der Waals surface area contributed by atoms with Crippen molar-refractivity contribution >= 4 is 29.3 Å². The molecule has 3 aromatic carbocycles. The lowest BCUT2D eigenvalue weighted by Gasteiger charge is -2.13. The average Bonchev–Trinajstić information content (AvgIpc) is 2.81. The molecule has 3 aromatic rings. The number of ether oxygens (including phenoxy) is 1. The molecule has 32 heavy (non-hydrogen) atoms. The summed E-state index contributed by atoms with van der Waals surface area (Å²) in [5.74, 6) is -2.60. The van der Waals surface area contributed by atoms with Crippen LogP contribution in [0.5, 0.6) is 0 Å². The number of carbonyl (C=O) groups is 3. The number of ketones is 1. The van der Waals surface area contributed by atoms with Gasteiger partial charge in [-0.25, -0.2) is 4.79 Å². The van der Waals surface area contributed by atoms with Crippen LogP contribution < -0.4 is 0 Å². The van der Waals surface area contributed by atoms with E-state index in [4.69, 9.17) is 16.3 Å². The van der Waals surface area contributed by atoms with Gasteiger partial charge in [0.05, 0.1) is 18.6 Å². The van der Waals surface area contributed by atoms with E-state index < -0.39 is 17.9 Å². The maximum absolute atomic E-state index is 12.7. The van der Waals surface area contributed by atoms with Crippen LogP contribution in [0.1, 0.15) is 39.1 Å². The molecule has 0 spiro atoms. The minimum atomic E-state index is -1.04. The number of rotatable bonds is 9. The van der Waals surface area contributed by atoms with Crippen molar-refractivity contribution in [3.8, 4) is 11.1 Å². The standard InChI is InChI=1S/C26H23ClO5/c1-32-26(31)23-5-3-2-4-19(23)8-11-21(25(29)30)16-24(28)20-9-6-17(7-10-20)18-12-14-22(27)15-13-18/h2-7,9-10,12-15,21H,8,11,16H2,1H3,(H,29,30). The van der Waals surface area contributed by atoms with Gasteiger partial charge in [0.15, 0.2) is 5.78 Å². The monoisotopic (exact) mass is 450 g/mol. The SMILES string of the molecule is COC(=O)c1ccccc1CCC(CC(=O)c1ccc(-c2ccc(Cl)cc2)cc1)C(=O)O. The number of halogens is 1. The van der Waals surface area contributed by atoms with Crippen molar-refractivity contribution in [1.29, 1.82) is 0 Å². The first kappa shape index (κ1) is 23.2. The summed E-state index contributed by atoms with van der Waals surface area (Å²) in [5, 5.41) is 10.3. The van der Waals surface area contributed by atoms with Crippen LogP contribution in [0.25, 0.3) is 11.1 Å². The molecule has 6 heteroatoms. The topological polar surface area (TPSA) is 80.7 Å². The molecule has 1 N–H and O–H groups in total. The van der Waals surface area contributed by atoms with E-state index in [0.717, 1.165) is 11.1 Å². The van der Waals surface area contributed by atoms with Gasteiger partial charge < -0.3 is 9.84 Å². The molecule has 1 unspecified atom stereocenters. The lowest BCUT2D eigenvalue weighted by atomic mass is 9.91. The van der Waals surface area contributed by atoms with E-state index in [1.165, 1.54) is 7.11 Å². The minimum Gasteiger partial charge on any atom is -0.481 e. The van der Waals surface area contributed by atoms with Gasteiger partial charge in [0.25, 0.3) is 0 Å². The zero-order valence-electron chi connectivity index (χ0n) is 17.6. The van der Waals surface area contributed by atoms with Crippen LogP contribution in [-0.2, 0) is 16.0 Å². The van der Waals surface area contributed by atoms with Crippen LogP contribution >= 0.6 is 11.6 Å². The number of carboxylic acid groups (broad SMARTS) is 1. The summed E-state index contributed by atoms with van der Waals surface area (Å²) in [6, 6.07) is 21.4. The summed E-state index contributed by atoms with van der Waals surface area (Å²) in [6.07, 6.45) is 0.471. The highest BCUT2D eigenvalue weighted by Gasteiger charge is 2.23. The Morgan fingerprint density at radius 3 is 2.09 bits per heavy atom. The minimum absolute atomic E-state index is 0.115. The van der Waals surface area contributed by atoms with Crippen molar-refractivity contribution in [1.82, 2.24) is 0 Å². The Hall–Kier alpha value is -3.44. The third kappa shape index (κ3) is 5.83. The van der Waals surface area contributed by atoms with Crippen molar-refractivity contribution < 1.29 is 24.2 Å². The summed E-state index contributed by atoms with van der Waals surface area (Å²) >= 11 is 5.92. The second-order valence-electron chi connectivity index (χ2n) is 7.43. The molecule has 164 valence electrons. The summed E-state index contributed by atoms with van der Waals surface area (Å²) in [4.78, 5) is 36.4. The zero-order valence-corrected chi connectivity index (χ0v) is 18.3. The fraction of sp³-hybridized carbons (Fsp3) is 0.192. The summed E-state index contributed by atoms with van der Waals surface area (Å²) in [6.45, 7) is 0. The molecule has 0 amide bonds. The highest BCUT2D eigenvalue weighted by atomic mass is 35.5. The Kier molecular flexibility index (Phi) is 7.79. The van der Waals surface area contributed by atoms with Crippen molar-refractivity contribution in [3.05, 3.63) is 94.5 Å². The van der Waals surface area contributed by atoms with Gasteiger partial charge in [-0.1, -0.05) is 66.2 Å². The molecule has 0 radical (unpaired) electrons. The first-order valence-electron chi connectivity index (χ1n) is 10.2. The normalized spacial score (nSPS) is 11.6. The van der Waals surface area contributed by atoms with E-state index >= 15 is 0 Å². The van der Waals surface area contributed by atoms with Crippen molar-refractivity contribution in [2.45, 2.75) is 19.3 Å². The first-order valence-corrected chi connectivity index (χ1v) is 10.5. The van der Waals surface area contributed by atoms with Crippen LogP contribution in [0.15, 0.2) is 72.8 Å². The molecule has 0 aliphatic heterocycles. The molecule has 0 saturated heterocycles. The number of benzene rings is 3. The van der Waals surface area contributed by atoms with E-state index in [0.29, 0.717) is 28.1 Å². The highest BCUT2D eigenvalue weighted by molar-refractivity contribution is 6.30. The van der Waals surface area contributed by atoms with Crippen molar-refractivity contribution in [2.24, 2.45) is 5.92 Å². The maximum Gasteiger partial charge on any atom is 0.338 e. The largest absolute Gasteiger partial charge is 0.481 e.